The van der Waals surface area contributed by atoms with Crippen molar-refractivity contribution in [2.24, 2.45) is 10.4 Å². The highest BCUT2D eigenvalue weighted by Crippen LogP contribution is 2.30. The maximum atomic E-state index is 12.4. The van der Waals surface area contributed by atoms with Crippen LogP contribution in [0.15, 0.2) is 108 Å². The van der Waals surface area contributed by atoms with E-state index in [1.54, 1.807) is 11.5 Å². The number of nitrogens with one attached hydrogen (secondary N) is 1. The Kier molecular flexibility index (Phi) is 9.17. The molecular weight excluding hydrogens is 502 g/mol. The number of esters is 1. The predicted molar refractivity (Wildman–Crippen MR) is 154 cm³/mol. The van der Waals surface area contributed by atoms with Crippen molar-refractivity contribution in [2.45, 2.75) is 47.1 Å². The van der Waals surface area contributed by atoms with Crippen molar-refractivity contribution >= 4 is 17.7 Å². The molecule has 1 N–H and O–H groups in total. The lowest BCUT2D eigenvalue weighted by Gasteiger charge is -2.18. The molecule has 0 saturated carbocycles. The first-order chi connectivity index (χ1) is 19.2. The van der Waals surface area contributed by atoms with E-state index in [1.165, 1.54) is 0 Å². The molecule has 0 aliphatic heterocycles. The first-order valence-electron chi connectivity index (χ1n) is 13.2. The van der Waals surface area contributed by atoms with Gasteiger partial charge in [0.2, 0.25) is 0 Å². The van der Waals surface area contributed by atoms with Gasteiger partial charge in [-0.25, -0.2) is 0 Å². The highest BCUT2D eigenvalue weighted by molar-refractivity contribution is 5.85. The molecule has 0 radical (unpaired) electrons. The Morgan fingerprint density at radius 1 is 0.925 bits per heavy atom. The van der Waals surface area contributed by atoms with Gasteiger partial charge < -0.3 is 19.9 Å². The van der Waals surface area contributed by atoms with Crippen LogP contribution < -0.4 is 19.7 Å². The zero-order valence-corrected chi connectivity index (χ0v) is 23.3. The number of para-hydroxylation sites is 1. The molecule has 4 aromatic rings. The average Bonchev–Trinajstić information content (AvgIpc) is 2.96. The van der Waals surface area contributed by atoms with Gasteiger partial charge in [0.15, 0.2) is 12.4 Å². The van der Waals surface area contributed by atoms with Crippen LogP contribution >= 0.6 is 0 Å². The maximum absolute atomic E-state index is 12.4. The minimum Gasteiger partial charge on any atom is -0.846 e. The van der Waals surface area contributed by atoms with Crippen LogP contribution in [0, 0.1) is 5.41 Å². The number of hydrogen-bond acceptors (Lipinski definition) is 5. The number of nitrogens with zero attached hydrogens (tertiary/aromatic N) is 2. The molecule has 1 unspecified atom stereocenters. The van der Waals surface area contributed by atoms with Crippen molar-refractivity contribution in [3.8, 4) is 16.9 Å². The van der Waals surface area contributed by atoms with Gasteiger partial charge in [-0.3, -0.25) is 9.79 Å². The summed E-state index contributed by atoms with van der Waals surface area (Å²) in [4.78, 5) is 16.3. The first-order valence-corrected chi connectivity index (χ1v) is 13.2. The normalized spacial score (nSPS) is 12.4. The number of carbonyl (C=O) groups excluding carboxylic acids is 1. The van der Waals surface area contributed by atoms with Crippen LogP contribution in [0.5, 0.6) is 5.75 Å². The lowest BCUT2D eigenvalue weighted by Crippen LogP contribution is -2.41. The van der Waals surface area contributed by atoms with E-state index < -0.39 is 17.7 Å². The zero-order chi connectivity index (χ0) is 28.5. The van der Waals surface area contributed by atoms with Crippen molar-refractivity contribution in [2.75, 3.05) is 5.32 Å². The Morgan fingerprint density at radius 2 is 1.62 bits per heavy atom. The Hall–Kier alpha value is -4.65. The molecule has 40 heavy (non-hydrogen) atoms. The molecular formula is C33H35N3O4. The lowest BCUT2D eigenvalue weighted by molar-refractivity contribution is -0.753. The molecule has 3 aromatic carbocycles. The molecule has 0 spiro atoms. The monoisotopic (exact) mass is 537 g/mol. The SMILES string of the molecule is CC(OC(=O)C(C)(C)C)[n+]1cccc(CN=C([O-])Nc2ccc(COc3ccccc3-c3ccccc3)cc2)c1. The molecule has 0 aliphatic carbocycles. The van der Waals surface area contributed by atoms with Crippen molar-refractivity contribution in [1.82, 2.24) is 0 Å². The number of anilines is 1. The summed E-state index contributed by atoms with van der Waals surface area (Å²) in [5.74, 6) is 0.533. The molecule has 1 atom stereocenters. The lowest BCUT2D eigenvalue weighted by atomic mass is 9.97. The fraction of sp³-hybridized carbons (Fsp3) is 0.242. The van der Waals surface area contributed by atoms with E-state index in [1.807, 2.05) is 112 Å². The van der Waals surface area contributed by atoms with Gasteiger partial charge in [0.05, 0.1) is 18.0 Å². The van der Waals surface area contributed by atoms with Crippen molar-refractivity contribution in [3.05, 3.63) is 115 Å². The van der Waals surface area contributed by atoms with E-state index in [-0.39, 0.29) is 12.5 Å². The van der Waals surface area contributed by atoms with Crippen molar-refractivity contribution in [1.29, 1.82) is 0 Å². The summed E-state index contributed by atoms with van der Waals surface area (Å²) < 4.78 is 13.4. The molecule has 7 heteroatoms. The van der Waals surface area contributed by atoms with Crippen LogP contribution in [0.4, 0.5) is 5.69 Å². The molecule has 1 heterocycles. The number of amidine groups is 1. The van der Waals surface area contributed by atoms with Gasteiger partial charge in [-0.05, 0) is 56.2 Å². The van der Waals surface area contributed by atoms with Gasteiger partial charge in [-0.2, -0.15) is 4.57 Å². The highest BCUT2D eigenvalue weighted by Gasteiger charge is 2.27. The number of carbonyl (C=O) groups is 1. The third kappa shape index (κ3) is 7.93. The number of aromatic nitrogens is 1. The molecule has 0 saturated heterocycles. The molecule has 0 aliphatic rings. The van der Waals surface area contributed by atoms with Gasteiger partial charge in [-0.1, -0.05) is 60.7 Å². The molecule has 0 bridgehead atoms. The van der Waals surface area contributed by atoms with Crippen LogP contribution in [0.25, 0.3) is 11.1 Å². The van der Waals surface area contributed by atoms with Crippen molar-refractivity contribution in [3.63, 3.8) is 0 Å². The molecule has 0 fully saturated rings. The van der Waals surface area contributed by atoms with Gasteiger partial charge >= 0.3 is 12.2 Å². The number of aliphatic imine (C=N–C) groups is 1. The summed E-state index contributed by atoms with van der Waals surface area (Å²) >= 11 is 0. The largest absolute Gasteiger partial charge is 0.846 e. The van der Waals surface area contributed by atoms with Crippen molar-refractivity contribution < 1.29 is 23.9 Å². The Bertz CT molecular complexity index is 1440. The molecule has 206 valence electrons. The van der Waals surface area contributed by atoms with E-state index in [0.29, 0.717) is 12.3 Å². The number of pyridine rings is 1. The first kappa shape index (κ1) is 28.4. The third-order valence-electron chi connectivity index (χ3n) is 6.17. The van der Waals surface area contributed by atoms with Crippen LogP contribution in [0.1, 0.15) is 45.0 Å². The van der Waals surface area contributed by atoms with Gasteiger partial charge in [0.25, 0.3) is 0 Å². The van der Waals surface area contributed by atoms with E-state index in [4.69, 9.17) is 9.47 Å². The molecule has 7 nitrogen and oxygen atoms in total. The maximum Gasteiger partial charge on any atom is 0.316 e. The van der Waals surface area contributed by atoms with Gasteiger partial charge in [0, 0.05) is 29.8 Å². The van der Waals surface area contributed by atoms with Crippen LogP contribution in [0.2, 0.25) is 0 Å². The van der Waals surface area contributed by atoms with E-state index in [0.717, 1.165) is 28.0 Å². The fourth-order valence-electron chi connectivity index (χ4n) is 3.88. The summed E-state index contributed by atoms with van der Waals surface area (Å²) in [6.07, 6.45) is 3.16. The predicted octanol–water partition coefficient (Wildman–Crippen LogP) is 5.66. The Morgan fingerprint density at radius 3 is 2.35 bits per heavy atom. The second-order valence-corrected chi connectivity index (χ2v) is 10.5. The number of benzene rings is 3. The average molecular weight is 538 g/mol. The number of rotatable bonds is 9. The van der Waals surface area contributed by atoms with Crippen LogP contribution in [-0.2, 0) is 22.7 Å². The van der Waals surface area contributed by atoms with Crippen LogP contribution in [0.3, 0.4) is 0 Å². The van der Waals surface area contributed by atoms with Gasteiger partial charge in [-0.15, -0.1) is 0 Å². The fourth-order valence-corrected chi connectivity index (χ4v) is 3.88. The Balaban J connectivity index is 1.31. The Labute approximate surface area is 235 Å². The highest BCUT2D eigenvalue weighted by atomic mass is 16.6. The topological polar surface area (TPSA) is 86.9 Å². The van der Waals surface area contributed by atoms with Crippen LogP contribution in [-0.4, -0.2) is 12.0 Å². The minimum atomic E-state index is -0.584. The molecule has 4 rings (SSSR count). The number of ether oxygens (including phenoxy) is 2. The summed E-state index contributed by atoms with van der Waals surface area (Å²) in [5.41, 5.74) is 4.00. The van der Waals surface area contributed by atoms with Gasteiger partial charge in [0.1, 0.15) is 12.4 Å². The second kappa shape index (κ2) is 12.9. The number of hydrogen-bond donors (Lipinski definition) is 1. The molecule has 0 amide bonds. The van der Waals surface area contributed by atoms with E-state index >= 15 is 0 Å². The van der Waals surface area contributed by atoms with E-state index in [9.17, 15) is 9.90 Å². The second-order valence-electron chi connectivity index (χ2n) is 10.5. The quantitative estimate of drug-likeness (QED) is 0.129. The minimum absolute atomic E-state index is 0.194. The third-order valence-corrected chi connectivity index (χ3v) is 6.17. The summed E-state index contributed by atoms with van der Waals surface area (Å²) in [7, 11) is 0. The molecule has 1 aromatic heterocycles. The summed E-state index contributed by atoms with van der Waals surface area (Å²) in [6, 6.07) is 28.9. The smallest absolute Gasteiger partial charge is 0.316 e. The summed E-state index contributed by atoms with van der Waals surface area (Å²) in [6.45, 7) is 7.84. The zero-order valence-electron chi connectivity index (χ0n) is 23.3. The standard InChI is InChI=1S/C33H35N3O4/c1-24(40-31(37)33(2,3)4)36-20-10-11-26(22-36)21-34-32(38)35-28-18-16-25(17-19-28)23-39-30-15-9-8-14-29(30)27-12-6-5-7-13-27/h5-20,22,24H,21,23H2,1-4H3,(H-,34,35,38). The summed E-state index contributed by atoms with van der Waals surface area (Å²) in [5, 5.41) is 15.3. The van der Waals surface area contributed by atoms with E-state index in [2.05, 4.69) is 22.4 Å².